The summed E-state index contributed by atoms with van der Waals surface area (Å²) in [5, 5.41) is 4.20. The molecule has 0 unspecified atom stereocenters. The van der Waals surface area contributed by atoms with Gasteiger partial charge in [0.2, 0.25) is 0 Å². The molecular weight excluding hydrogens is 313 g/mol. The van der Waals surface area contributed by atoms with Gasteiger partial charge in [0.15, 0.2) is 5.82 Å². The van der Waals surface area contributed by atoms with Crippen molar-refractivity contribution in [1.82, 2.24) is 9.97 Å². The van der Waals surface area contributed by atoms with Crippen molar-refractivity contribution in [2.45, 2.75) is 6.92 Å². The molecule has 0 saturated carbocycles. The van der Waals surface area contributed by atoms with Crippen molar-refractivity contribution < 1.29 is 4.39 Å². The van der Waals surface area contributed by atoms with Crippen LogP contribution in [0.15, 0.2) is 72.8 Å². The highest BCUT2D eigenvalue weighted by molar-refractivity contribution is 5.92. The molecule has 1 heterocycles. The fraction of sp³-hybridized carbons (Fsp3) is 0.0476. The van der Waals surface area contributed by atoms with Gasteiger partial charge in [-0.05, 0) is 43.3 Å². The molecule has 1 N–H and O–H groups in total. The van der Waals surface area contributed by atoms with Crippen LogP contribution in [-0.2, 0) is 0 Å². The van der Waals surface area contributed by atoms with E-state index in [2.05, 4.69) is 10.3 Å². The number of hydrogen-bond acceptors (Lipinski definition) is 3. The number of aryl methyl sites for hydroxylation is 1. The molecule has 0 amide bonds. The highest BCUT2D eigenvalue weighted by Gasteiger charge is 2.09. The molecule has 0 fully saturated rings. The lowest BCUT2D eigenvalue weighted by Gasteiger charge is -2.11. The Bertz CT molecular complexity index is 1030. The Balaban J connectivity index is 1.83. The van der Waals surface area contributed by atoms with E-state index < -0.39 is 0 Å². The quantitative estimate of drug-likeness (QED) is 0.540. The van der Waals surface area contributed by atoms with Crippen molar-refractivity contribution >= 4 is 22.4 Å². The molecule has 4 aromatic rings. The number of hydrogen-bond donors (Lipinski definition) is 1. The zero-order chi connectivity index (χ0) is 17.2. The topological polar surface area (TPSA) is 37.8 Å². The molecule has 0 spiro atoms. The van der Waals surface area contributed by atoms with Gasteiger partial charge >= 0.3 is 0 Å². The van der Waals surface area contributed by atoms with Gasteiger partial charge in [-0.1, -0.05) is 42.0 Å². The van der Waals surface area contributed by atoms with Crippen LogP contribution in [0.5, 0.6) is 0 Å². The maximum Gasteiger partial charge on any atom is 0.162 e. The number of halogens is 1. The van der Waals surface area contributed by atoms with Crippen molar-refractivity contribution in [2.75, 3.05) is 5.32 Å². The van der Waals surface area contributed by atoms with Gasteiger partial charge in [0.25, 0.3) is 0 Å². The minimum Gasteiger partial charge on any atom is -0.340 e. The Kier molecular flexibility index (Phi) is 3.86. The zero-order valence-corrected chi connectivity index (χ0v) is 13.7. The van der Waals surface area contributed by atoms with Crippen LogP contribution in [0, 0.1) is 12.7 Å². The number of nitrogens with zero attached hydrogens (tertiary/aromatic N) is 2. The third kappa shape index (κ3) is 3.19. The third-order valence-electron chi connectivity index (χ3n) is 4.02. The number of para-hydroxylation sites is 1. The lowest BCUT2D eigenvalue weighted by atomic mass is 10.1. The number of anilines is 2. The summed E-state index contributed by atoms with van der Waals surface area (Å²) in [5.74, 6) is 1.09. The van der Waals surface area contributed by atoms with Gasteiger partial charge in [0, 0.05) is 16.6 Å². The molecule has 0 bridgehead atoms. The molecule has 0 aliphatic carbocycles. The van der Waals surface area contributed by atoms with Gasteiger partial charge in [-0.2, -0.15) is 0 Å². The Labute approximate surface area is 145 Å². The lowest BCUT2D eigenvalue weighted by molar-refractivity contribution is 0.628. The Morgan fingerprint density at radius 1 is 0.800 bits per heavy atom. The molecule has 3 aromatic carbocycles. The van der Waals surface area contributed by atoms with Crippen LogP contribution in [0.2, 0.25) is 0 Å². The summed E-state index contributed by atoms with van der Waals surface area (Å²) >= 11 is 0. The molecule has 0 radical (unpaired) electrons. The zero-order valence-electron chi connectivity index (χ0n) is 13.7. The first-order valence-corrected chi connectivity index (χ1v) is 8.05. The van der Waals surface area contributed by atoms with Crippen LogP contribution in [0.4, 0.5) is 15.9 Å². The molecule has 0 aliphatic heterocycles. The van der Waals surface area contributed by atoms with Crippen molar-refractivity contribution in [3.63, 3.8) is 0 Å². The van der Waals surface area contributed by atoms with Crippen LogP contribution < -0.4 is 5.32 Å². The predicted octanol–water partition coefficient (Wildman–Crippen LogP) is 5.49. The first-order valence-electron chi connectivity index (χ1n) is 8.05. The summed E-state index contributed by atoms with van der Waals surface area (Å²) in [4.78, 5) is 9.38. The lowest BCUT2D eigenvalue weighted by Crippen LogP contribution is -1.99. The van der Waals surface area contributed by atoms with Crippen LogP contribution in [-0.4, -0.2) is 9.97 Å². The summed E-state index contributed by atoms with van der Waals surface area (Å²) in [5.41, 5.74) is 3.78. The molecule has 0 saturated heterocycles. The summed E-state index contributed by atoms with van der Waals surface area (Å²) in [6.45, 7) is 2.05. The largest absolute Gasteiger partial charge is 0.340 e. The number of nitrogens with one attached hydrogen (secondary N) is 1. The Morgan fingerprint density at radius 3 is 2.28 bits per heavy atom. The molecule has 25 heavy (non-hydrogen) atoms. The van der Waals surface area contributed by atoms with Gasteiger partial charge in [0.05, 0.1) is 5.52 Å². The molecule has 0 atom stereocenters. The van der Waals surface area contributed by atoms with Crippen LogP contribution >= 0.6 is 0 Å². The second-order valence-corrected chi connectivity index (χ2v) is 5.91. The van der Waals surface area contributed by atoms with Gasteiger partial charge in [-0.3, -0.25) is 0 Å². The van der Waals surface area contributed by atoms with E-state index >= 15 is 0 Å². The second-order valence-electron chi connectivity index (χ2n) is 5.91. The van der Waals surface area contributed by atoms with E-state index in [1.54, 1.807) is 12.1 Å². The van der Waals surface area contributed by atoms with Gasteiger partial charge in [-0.25, -0.2) is 14.4 Å². The maximum atomic E-state index is 13.1. The van der Waals surface area contributed by atoms with Crippen molar-refractivity contribution in [3.8, 4) is 11.4 Å². The predicted molar refractivity (Wildman–Crippen MR) is 99.4 cm³/mol. The third-order valence-corrected chi connectivity index (χ3v) is 4.02. The summed E-state index contributed by atoms with van der Waals surface area (Å²) in [6.07, 6.45) is 0. The van der Waals surface area contributed by atoms with E-state index in [0.29, 0.717) is 11.6 Å². The molecule has 3 nitrogen and oxygen atoms in total. The minimum atomic E-state index is -0.265. The van der Waals surface area contributed by atoms with E-state index in [1.165, 1.54) is 17.7 Å². The van der Waals surface area contributed by atoms with Gasteiger partial charge in [-0.15, -0.1) is 0 Å². The highest BCUT2D eigenvalue weighted by atomic mass is 19.1. The molecular formula is C21H16FN3. The smallest absolute Gasteiger partial charge is 0.162 e. The number of benzene rings is 3. The summed E-state index contributed by atoms with van der Waals surface area (Å²) < 4.78 is 13.1. The van der Waals surface area contributed by atoms with E-state index in [-0.39, 0.29) is 5.82 Å². The highest BCUT2D eigenvalue weighted by Crippen LogP contribution is 2.27. The monoisotopic (exact) mass is 329 g/mol. The maximum absolute atomic E-state index is 13.1. The molecule has 4 heteroatoms. The van der Waals surface area contributed by atoms with Gasteiger partial charge < -0.3 is 5.32 Å². The van der Waals surface area contributed by atoms with E-state index in [1.807, 2.05) is 55.5 Å². The molecule has 1 aromatic heterocycles. The number of fused-ring (bicyclic) bond motifs is 1. The number of aromatic nitrogens is 2. The fourth-order valence-electron chi connectivity index (χ4n) is 2.67. The first kappa shape index (κ1) is 15.3. The number of rotatable bonds is 3. The van der Waals surface area contributed by atoms with Crippen LogP contribution in [0.3, 0.4) is 0 Å². The van der Waals surface area contributed by atoms with Crippen molar-refractivity contribution in [2.24, 2.45) is 0 Å². The summed E-state index contributed by atoms with van der Waals surface area (Å²) in [7, 11) is 0. The van der Waals surface area contributed by atoms with Crippen LogP contribution in [0.25, 0.3) is 22.3 Å². The average molecular weight is 329 g/mol. The first-order chi connectivity index (χ1) is 12.2. The van der Waals surface area contributed by atoms with Crippen molar-refractivity contribution in [3.05, 3.63) is 84.2 Å². The average Bonchev–Trinajstić information content (AvgIpc) is 2.64. The molecule has 4 rings (SSSR count). The fourth-order valence-corrected chi connectivity index (χ4v) is 2.67. The van der Waals surface area contributed by atoms with Crippen LogP contribution in [0.1, 0.15) is 5.56 Å². The van der Waals surface area contributed by atoms with E-state index in [9.17, 15) is 4.39 Å². The molecule has 122 valence electrons. The van der Waals surface area contributed by atoms with Gasteiger partial charge in [0.1, 0.15) is 11.6 Å². The second kappa shape index (κ2) is 6.32. The SMILES string of the molecule is Cc1ccc(-c2nc(Nc3ccc(F)cc3)c3ccccc3n2)cc1. The Hall–Kier alpha value is -3.27. The molecule has 0 aliphatic rings. The normalized spacial score (nSPS) is 10.8. The minimum absolute atomic E-state index is 0.265. The van der Waals surface area contributed by atoms with E-state index in [0.717, 1.165) is 22.2 Å². The summed E-state index contributed by atoms with van der Waals surface area (Å²) in [6, 6.07) is 22.2. The van der Waals surface area contributed by atoms with Crippen molar-refractivity contribution in [1.29, 1.82) is 0 Å². The Morgan fingerprint density at radius 2 is 1.52 bits per heavy atom. The van der Waals surface area contributed by atoms with E-state index in [4.69, 9.17) is 4.98 Å². The standard InChI is InChI=1S/C21H16FN3/c1-14-6-8-15(9-7-14)20-24-19-5-3-2-4-18(19)21(25-20)23-17-12-10-16(22)11-13-17/h2-13H,1H3,(H,23,24,25).